The molecule has 1 amide bonds. The number of carbonyl (C=O) groups is 2. The van der Waals surface area contributed by atoms with E-state index in [0.29, 0.717) is 22.0 Å². The smallest absolute Gasteiger partial charge is 0.341 e. The Morgan fingerprint density at radius 3 is 2.54 bits per heavy atom. The van der Waals surface area contributed by atoms with Crippen LogP contribution in [-0.4, -0.2) is 33.2 Å². The molecule has 1 aliphatic carbocycles. The molecule has 1 heterocycles. The van der Waals surface area contributed by atoms with E-state index in [1.807, 2.05) is 0 Å². The van der Waals surface area contributed by atoms with Crippen molar-refractivity contribution in [2.75, 3.05) is 18.2 Å². The Morgan fingerprint density at radius 2 is 1.93 bits per heavy atom. The van der Waals surface area contributed by atoms with Crippen LogP contribution < -0.4 is 5.32 Å². The van der Waals surface area contributed by atoms with Crippen LogP contribution in [0.3, 0.4) is 0 Å². The summed E-state index contributed by atoms with van der Waals surface area (Å²) in [5.41, 5.74) is 1.73. The minimum Gasteiger partial charge on any atom is -0.465 e. The molecule has 1 unspecified atom stereocenters. The molecule has 0 fully saturated rings. The molecule has 2 aromatic rings. The van der Waals surface area contributed by atoms with Crippen LogP contribution in [0, 0.1) is 5.92 Å². The number of anilines is 1. The van der Waals surface area contributed by atoms with Gasteiger partial charge in [-0.3, -0.25) is 4.79 Å². The van der Waals surface area contributed by atoms with Crippen LogP contribution >= 0.6 is 11.3 Å². The second-order valence-corrected chi connectivity index (χ2v) is 10.3. The maximum absolute atomic E-state index is 12.7. The van der Waals surface area contributed by atoms with Crippen LogP contribution in [0.1, 0.15) is 51.4 Å². The molecule has 0 saturated heterocycles. The molecule has 0 bridgehead atoms. The van der Waals surface area contributed by atoms with Crippen molar-refractivity contribution in [3.63, 3.8) is 0 Å². The zero-order chi connectivity index (χ0) is 20.5. The number of methoxy groups -OCH3 is 1. The van der Waals surface area contributed by atoms with Crippen LogP contribution in [0.2, 0.25) is 0 Å². The predicted octanol–water partition coefficient (Wildman–Crippen LogP) is 3.71. The lowest BCUT2D eigenvalue weighted by Gasteiger charge is -2.18. The van der Waals surface area contributed by atoms with Crippen molar-refractivity contribution in [1.29, 1.82) is 0 Å². The van der Waals surface area contributed by atoms with Gasteiger partial charge in [0.1, 0.15) is 5.00 Å². The Bertz CT molecular complexity index is 1010. The zero-order valence-corrected chi connectivity index (χ0v) is 17.7. The summed E-state index contributed by atoms with van der Waals surface area (Å²) in [7, 11) is -1.99. The molecule has 1 atom stereocenters. The number of hydrogen-bond donors (Lipinski definition) is 1. The van der Waals surface area contributed by atoms with E-state index in [9.17, 15) is 18.0 Å². The van der Waals surface area contributed by atoms with Crippen molar-refractivity contribution in [2.24, 2.45) is 5.92 Å². The second kappa shape index (κ2) is 8.05. The highest BCUT2D eigenvalue weighted by atomic mass is 32.2. The first-order chi connectivity index (χ1) is 13.3. The number of nitrogens with one attached hydrogen (secondary N) is 1. The van der Waals surface area contributed by atoms with Gasteiger partial charge < -0.3 is 10.1 Å². The standard InChI is InChI=1S/C20H23NO5S2/c1-4-28(24,25)14-8-6-13(7-9-14)18(22)21-19-17(20(23)26-3)15-10-5-12(2)11-16(15)27-19/h6-9,12H,4-5,10-11H2,1-3H3,(H,21,22). The molecule has 1 N–H and O–H groups in total. The zero-order valence-electron chi connectivity index (χ0n) is 16.1. The summed E-state index contributed by atoms with van der Waals surface area (Å²) in [5.74, 6) is -0.308. The third kappa shape index (κ3) is 3.98. The van der Waals surface area contributed by atoms with Gasteiger partial charge in [0.2, 0.25) is 0 Å². The van der Waals surface area contributed by atoms with E-state index in [2.05, 4.69) is 12.2 Å². The van der Waals surface area contributed by atoms with Gasteiger partial charge in [0, 0.05) is 10.4 Å². The molecule has 0 spiro atoms. The molecule has 150 valence electrons. The number of rotatable bonds is 5. The highest BCUT2D eigenvalue weighted by molar-refractivity contribution is 7.91. The van der Waals surface area contributed by atoms with Crippen LogP contribution in [0.15, 0.2) is 29.2 Å². The largest absolute Gasteiger partial charge is 0.465 e. The Balaban J connectivity index is 1.89. The molecule has 0 aliphatic heterocycles. The van der Waals surface area contributed by atoms with E-state index in [-0.39, 0.29) is 10.6 Å². The van der Waals surface area contributed by atoms with Crippen molar-refractivity contribution in [1.82, 2.24) is 0 Å². The minimum absolute atomic E-state index is 0.000203. The highest BCUT2D eigenvalue weighted by Crippen LogP contribution is 2.40. The predicted molar refractivity (Wildman–Crippen MR) is 109 cm³/mol. The Labute approximate surface area is 168 Å². The number of amides is 1. The SMILES string of the molecule is CCS(=O)(=O)c1ccc(C(=O)Nc2sc3c(c2C(=O)OC)CCC(C)C3)cc1. The van der Waals surface area contributed by atoms with Crippen molar-refractivity contribution in [2.45, 2.75) is 38.0 Å². The lowest BCUT2D eigenvalue weighted by Crippen LogP contribution is -2.16. The van der Waals surface area contributed by atoms with Crippen molar-refractivity contribution < 1.29 is 22.7 Å². The lowest BCUT2D eigenvalue weighted by atomic mass is 9.88. The molecule has 6 nitrogen and oxygen atoms in total. The number of benzene rings is 1. The molecule has 1 aromatic heterocycles. The van der Waals surface area contributed by atoms with E-state index < -0.39 is 21.7 Å². The third-order valence-electron chi connectivity index (χ3n) is 4.98. The van der Waals surface area contributed by atoms with Gasteiger partial charge in [-0.05, 0) is 55.0 Å². The summed E-state index contributed by atoms with van der Waals surface area (Å²) in [4.78, 5) is 26.3. The molecule has 0 radical (unpaired) electrons. The van der Waals surface area contributed by atoms with E-state index in [4.69, 9.17) is 4.74 Å². The number of thiophene rings is 1. The Hall–Kier alpha value is -2.19. The molecule has 28 heavy (non-hydrogen) atoms. The highest BCUT2D eigenvalue weighted by Gasteiger charge is 2.29. The number of esters is 1. The van der Waals surface area contributed by atoms with E-state index in [0.717, 1.165) is 29.7 Å². The molecular formula is C20H23NO5S2. The number of ether oxygens (including phenoxy) is 1. The second-order valence-electron chi connectivity index (χ2n) is 6.93. The van der Waals surface area contributed by atoms with Crippen molar-refractivity contribution >= 4 is 38.1 Å². The van der Waals surface area contributed by atoms with E-state index in [1.54, 1.807) is 6.92 Å². The topological polar surface area (TPSA) is 89.5 Å². The van der Waals surface area contributed by atoms with E-state index in [1.165, 1.54) is 42.7 Å². The van der Waals surface area contributed by atoms with Crippen molar-refractivity contribution in [3.05, 3.63) is 45.8 Å². The number of hydrogen-bond acceptors (Lipinski definition) is 6. The summed E-state index contributed by atoms with van der Waals surface area (Å²) in [5, 5.41) is 3.30. The van der Waals surface area contributed by atoms with Gasteiger partial charge in [-0.2, -0.15) is 0 Å². The Morgan fingerprint density at radius 1 is 1.25 bits per heavy atom. The molecule has 3 rings (SSSR count). The van der Waals surface area contributed by atoms with E-state index >= 15 is 0 Å². The van der Waals surface area contributed by atoms with Crippen LogP contribution in [0.25, 0.3) is 0 Å². The van der Waals surface area contributed by atoms with Gasteiger partial charge >= 0.3 is 5.97 Å². The first kappa shape index (κ1) is 20.5. The monoisotopic (exact) mass is 421 g/mol. The van der Waals surface area contributed by atoms with Gasteiger partial charge in [0.15, 0.2) is 9.84 Å². The average molecular weight is 422 g/mol. The lowest BCUT2D eigenvalue weighted by molar-refractivity contribution is 0.0601. The third-order valence-corrected chi connectivity index (χ3v) is 7.90. The molecular weight excluding hydrogens is 398 g/mol. The van der Waals surface area contributed by atoms with Gasteiger partial charge in [-0.15, -0.1) is 11.3 Å². The van der Waals surface area contributed by atoms with Crippen molar-refractivity contribution in [3.8, 4) is 0 Å². The van der Waals surface area contributed by atoms with Crippen LogP contribution in [-0.2, 0) is 27.4 Å². The first-order valence-corrected chi connectivity index (χ1v) is 11.6. The maximum atomic E-state index is 12.7. The average Bonchev–Trinajstić information content (AvgIpc) is 3.04. The fraction of sp³-hybridized carbons (Fsp3) is 0.400. The first-order valence-electron chi connectivity index (χ1n) is 9.13. The molecule has 1 aromatic carbocycles. The summed E-state index contributed by atoms with van der Waals surface area (Å²) in [6, 6.07) is 5.81. The molecule has 1 aliphatic rings. The maximum Gasteiger partial charge on any atom is 0.341 e. The number of sulfone groups is 1. The van der Waals surface area contributed by atoms with Gasteiger partial charge in [0.05, 0.1) is 23.3 Å². The number of carbonyl (C=O) groups excluding carboxylic acids is 2. The summed E-state index contributed by atoms with van der Waals surface area (Å²) in [6.45, 7) is 3.74. The Kier molecular flexibility index (Phi) is 5.90. The summed E-state index contributed by atoms with van der Waals surface area (Å²) >= 11 is 1.41. The summed E-state index contributed by atoms with van der Waals surface area (Å²) < 4.78 is 28.8. The quantitative estimate of drug-likeness (QED) is 0.744. The van der Waals surface area contributed by atoms with Gasteiger partial charge in [-0.25, -0.2) is 13.2 Å². The fourth-order valence-electron chi connectivity index (χ4n) is 3.31. The summed E-state index contributed by atoms with van der Waals surface area (Å²) in [6.07, 6.45) is 2.66. The van der Waals surface area contributed by atoms with Gasteiger partial charge in [0.25, 0.3) is 5.91 Å². The van der Waals surface area contributed by atoms with Crippen LogP contribution in [0.5, 0.6) is 0 Å². The normalized spacial score (nSPS) is 16.3. The minimum atomic E-state index is -3.32. The van der Waals surface area contributed by atoms with Gasteiger partial charge in [-0.1, -0.05) is 13.8 Å². The molecule has 8 heteroatoms. The fourth-order valence-corrected chi connectivity index (χ4v) is 5.59. The number of fused-ring (bicyclic) bond motifs is 1. The molecule has 0 saturated carbocycles. The van der Waals surface area contributed by atoms with Crippen LogP contribution in [0.4, 0.5) is 5.00 Å².